The summed E-state index contributed by atoms with van der Waals surface area (Å²) in [7, 11) is 0. The Labute approximate surface area is 128 Å². The summed E-state index contributed by atoms with van der Waals surface area (Å²) in [6.45, 7) is 12.4. The van der Waals surface area contributed by atoms with Gasteiger partial charge in [0.2, 0.25) is 0 Å². The largest absolute Gasteiger partial charge is 0.490 e. The van der Waals surface area contributed by atoms with Crippen LogP contribution in [0.2, 0.25) is 0 Å². The van der Waals surface area contributed by atoms with E-state index in [-0.39, 0.29) is 0 Å². The van der Waals surface area contributed by atoms with Gasteiger partial charge in [0, 0.05) is 12.7 Å². The highest BCUT2D eigenvalue weighted by Gasteiger charge is 2.18. The van der Waals surface area contributed by atoms with Crippen molar-refractivity contribution in [2.24, 2.45) is 0 Å². The summed E-state index contributed by atoms with van der Waals surface area (Å²) in [5.74, 6) is 3.37. The number of hydrogen-bond acceptors (Lipinski definition) is 3. The molecule has 3 heteroatoms. The van der Waals surface area contributed by atoms with Gasteiger partial charge in [0.15, 0.2) is 0 Å². The standard InChI is InChI=1S/C18H24N2O/c1-6-10-19-13-16(4)14-20-11-12-21-18(17(20)5)9-8-15(3)7-2/h2,6,8-10,13,19H,5,11-12,14H2,1,3-4H3/b10-6-,15-8+,16-13+,18-9+. The van der Waals surface area contributed by atoms with Crippen molar-refractivity contribution in [1.82, 2.24) is 10.2 Å². The van der Waals surface area contributed by atoms with Crippen LogP contribution in [0, 0.1) is 12.3 Å². The van der Waals surface area contributed by atoms with Gasteiger partial charge in [0.25, 0.3) is 0 Å². The van der Waals surface area contributed by atoms with E-state index in [4.69, 9.17) is 11.2 Å². The van der Waals surface area contributed by atoms with Gasteiger partial charge in [-0.2, -0.15) is 0 Å². The summed E-state index contributed by atoms with van der Waals surface area (Å²) in [6, 6.07) is 0. The van der Waals surface area contributed by atoms with Gasteiger partial charge in [-0.1, -0.05) is 18.6 Å². The minimum atomic E-state index is 0.656. The van der Waals surface area contributed by atoms with Gasteiger partial charge in [-0.25, -0.2) is 0 Å². The van der Waals surface area contributed by atoms with Crippen molar-refractivity contribution >= 4 is 0 Å². The van der Waals surface area contributed by atoms with Gasteiger partial charge in [0.1, 0.15) is 12.4 Å². The minimum Gasteiger partial charge on any atom is -0.490 e. The highest BCUT2D eigenvalue weighted by atomic mass is 16.5. The second-order valence-electron chi connectivity index (χ2n) is 4.90. The molecule has 0 amide bonds. The average molecular weight is 284 g/mol. The van der Waals surface area contributed by atoms with Crippen molar-refractivity contribution in [2.45, 2.75) is 20.8 Å². The van der Waals surface area contributed by atoms with E-state index >= 15 is 0 Å². The van der Waals surface area contributed by atoms with Crippen LogP contribution in [0.1, 0.15) is 20.8 Å². The van der Waals surface area contributed by atoms with Crippen LogP contribution >= 0.6 is 0 Å². The lowest BCUT2D eigenvalue weighted by molar-refractivity contribution is 0.134. The third kappa shape index (κ3) is 5.66. The number of hydrogen-bond donors (Lipinski definition) is 1. The lowest BCUT2D eigenvalue weighted by Crippen LogP contribution is -2.34. The van der Waals surface area contributed by atoms with Gasteiger partial charge < -0.3 is 15.0 Å². The van der Waals surface area contributed by atoms with Crippen LogP contribution in [-0.2, 0) is 4.74 Å². The lowest BCUT2D eigenvalue weighted by Gasteiger charge is -2.33. The van der Waals surface area contributed by atoms with Crippen LogP contribution < -0.4 is 5.32 Å². The molecule has 0 bridgehead atoms. The van der Waals surface area contributed by atoms with Crippen LogP contribution in [0.15, 0.2) is 59.8 Å². The van der Waals surface area contributed by atoms with Gasteiger partial charge in [-0.15, -0.1) is 6.42 Å². The molecule has 0 unspecified atom stereocenters. The molecule has 112 valence electrons. The Bertz CT molecular complexity index is 530. The van der Waals surface area contributed by atoms with E-state index in [2.05, 4.69) is 29.6 Å². The Hall–Kier alpha value is -2.34. The topological polar surface area (TPSA) is 24.5 Å². The first-order chi connectivity index (χ1) is 10.1. The van der Waals surface area contributed by atoms with Crippen LogP contribution in [0.4, 0.5) is 0 Å². The van der Waals surface area contributed by atoms with Crippen molar-refractivity contribution in [3.05, 3.63) is 59.8 Å². The minimum absolute atomic E-state index is 0.656. The lowest BCUT2D eigenvalue weighted by atomic mass is 10.2. The molecule has 0 aromatic heterocycles. The number of allylic oxidation sites excluding steroid dienone is 4. The highest BCUT2D eigenvalue weighted by molar-refractivity contribution is 5.33. The zero-order valence-corrected chi connectivity index (χ0v) is 13.1. The SMILES string of the molecule is C#C/C(C)=C/C=C1/OCCN(C/C(C)=C/N/C=C\C)C1=C. The molecular formula is C18H24N2O. The molecule has 1 aliphatic heterocycles. The summed E-state index contributed by atoms with van der Waals surface area (Å²) >= 11 is 0. The van der Waals surface area contributed by atoms with Gasteiger partial charge in [0.05, 0.1) is 12.2 Å². The first-order valence-electron chi connectivity index (χ1n) is 7.03. The zero-order valence-electron chi connectivity index (χ0n) is 13.1. The Morgan fingerprint density at radius 3 is 2.95 bits per heavy atom. The molecule has 0 aromatic carbocycles. The molecule has 0 saturated carbocycles. The first kappa shape index (κ1) is 16.7. The second kappa shape index (κ2) is 8.76. The first-order valence-corrected chi connectivity index (χ1v) is 7.03. The Kier molecular flexibility index (Phi) is 6.97. The smallest absolute Gasteiger partial charge is 0.142 e. The molecule has 0 atom stereocenters. The molecule has 1 aliphatic rings. The summed E-state index contributed by atoms with van der Waals surface area (Å²) in [4.78, 5) is 2.21. The van der Waals surface area contributed by atoms with Gasteiger partial charge in [-0.05, 0) is 50.3 Å². The Morgan fingerprint density at radius 2 is 2.29 bits per heavy atom. The number of terminal acetylenes is 1. The fourth-order valence-electron chi connectivity index (χ4n) is 1.84. The van der Waals surface area contributed by atoms with E-state index in [1.165, 1.54) is 5.57 Å². The predicted octanol–water partition coefficient (Wildman–Crippen LogP) is 3.32. The zero-order chi connectivity index (χ0) is 15.7. The van der Waals surface area contributed by atoms with E-state index in [0.29, 0.717) is 6.61 Å². The molecule has 1 fully saturated rings. The Morgan fingerprint density at radius 1 is 1.52 bits per heavy atom. The van der Waals surface area contributed by atoms with Crippen molar-refractivity contribution in [3.63, 3.8) is 0 Å². The Balaban J connectivity index is 2.71. The molecule has 1 saturated heterocycles. The van der Waals surface area contributed by atoms with E-state index in [9.17, 15) is 0 Å². The molecule has 21 heavy (non-hydrogen) atoms. The molecule has 0 aromatic rings. The molecule has 1 N–H and O–H groups in total. The summed E-state index contributed by atoms with van der Waals surface area (Å²) in [5.41, 5.74) is 2.98. The third-order valence-corrected chi connectivity index (χ3v) is 3.03. The number of morpholine rings is 1. The quantitative estimate of drug-likeness (QED) is 0.784. The van der Waals surface area contributed by atoms with Gasteiger partial charge >= 0.3 is 0 Å². The highest BCUT2D eigenvalue weighted by Crippen LogP contribution is 2.21. The van der Waals surface area contributed by atoms with Gasteiger partial charge in [-0.3, -0.25) is 0 Å². The monoisotopic (exact) mass is 284 g/mol. The van der Waals surface area contributed by atoms with E-state index in [1.54, 1.807) is 0 Å². The number of nitrogens with one attached hydrogen (secondary N) is 1. The van der Waals surface area contributed by atoms with Crippen LogP contribution in [0.5, 0.6) is 0 Å². The van der Waals surface area contributed by atoms with Crippen molar-refractivity contribution < 1.29 is 4.74 Å². The van der Waals surface area contributed by atoms with Crippen molar-refractivity contribution in [2.75, 3.05) is 19.7 Å². The number of rotatable bonds is 5. The summed E-state index contributed by atoms with van der Waals surface area (Å²) < 4.78 is 5.66. The molecule has 1 rings (SSSR count). The fraction of sp³-hybridized carbons (Fsp3) is 0.333. The van der Waals surface area contributed by atoms with Crippen LogP contribution in [0.3, 0.4) is 0 Å². The molecule has 0 spiro atoms. The second-order valence-corrected chi connectivity index (χ2v) is 4.90. The number of nitrogens with zero attached hydrogens (tertiary/aromatic N) is 1. The number of ether oxygens (including phenoxy) is 1. The summed E-state index contributed by atoms with van der Waals surface area (Å²) in [5, 5.41) is 3.12. The molecule has 0 aliphatic carbocycles. The molecule has 3 nitrogen and oxygen atoms in total. The maximum atomic E-state index is 5.66. The fourth-order valence-corrected chi connectivity index (χ4v) is 1.84. The van der Waals surface area contributed by atoms with Crippen LogP contribution in [0.25, 0.3) is 0 Å². The maximum Gasteiger partial charge on any atom is 0.142 e. The van der Waals surface area contributed by atoms with Crippen molar-refractivity contribution in [1.29, 1.82) is 0 Å². The summed E-state index contributed by atoms with van der Waals surface area (Å²) in [6.07, 6.45) is 14.9. The maximum absolute atomic E-state index is 5.66. The normalized spacial score (nSPS) is 18.9. The van der Waals surface area contributed by atoms with E-state index < -0.39 is 0 Å². The third-order valence-electron chi connectivity index (χ3n) is 3.03. The molecular weight excluding hydrogens is 260 g/mol. The van der Waals surface area contributed by atoms with E-state index in [0.717, 1.165) is 30.1 Å². The molecule has 0 radical (unpaired) electrons. The average Bonchev–Trinajstić information content (AvgIpc) is 2.48. The molecule has 1 heterocycles. The van der Waals surface area contributed by atoms with Crippen LogP contribution in [-0.4, -0.2) is 24.6 Å². The van der Waals surface area contributed by atoms with E-state index in [1.807, 2.05) is 44.5 Å². The predicted molar refractivity (Wildman–Crippen MR) is 89.0 cm³/mol. The van der Waals surface area contributed by atoms with Crippen molar-refractivity contribution in [3.8, 4) is 12.3 Å².